The molecule has 3 rings (SSSR count). The van der Waals surface area contributed by atoms with E-state index in [9.17, 15) is 4.79 Å². The molecule has 1 heterocycles. The third kappa shape index (κ3) is 4.15. The third-order valence-electron chi connectivity index (χ3n) is 5.78. The molecule has 25 heavy (non-hydrogen) atoms. The average Bonchev–Trinajstić information content (AvgIpc) is 3.16. The van der Waals surface area contributed by atoms with Crippen LogP contribution in [0, 0.1) is 0 Å². The molecular formula is C20H30N2O3. The van der Waals surface area contributed by atoms with Gasteiger partial charge in [-0.2, -0.15) is 0 Å². The van der Waals surface area contributed by atoms with Gasteiger partial charge in [0.05, 0.1) is 13.2 Å². The van der Waals surface area contributed by atoms with Crippen molar-refractivity contribution < 1.29 is 14.3 Å². The summed E-state index contributed by atoms with van der Waals surface area (Å²) in [6, 6.07) is 8.32. The highest BCUT2D eigenvalue weighted by Gasteiger charge is 2.36. The normalized spacial score (nSPS) is 25.5. The van der Waals surface area contributed by atoms with Gasteiger partial charge >= 0.3 is 0 Å². The first-order chi connectivity index (χ1) is 12.2. The molecule has 2 aliphatic rings. The maximum atomic E-state index is 12.5. The summed E-state index contributed by atoms with van der Waals surface area (Å²) in [4.78, 5) is 12.5. The van der Waals surface area contributed by atoms with Crippen molar-refractivity contribution >= 4 is 5.91 Å². The summed E-state index contributed by atoms with van der Waals surface area (Å²) in [5.74, 6) is 0.875. The van der Waals surface area contributed by atoms with E-state index in [1.54, 1.807) is 7.11 Å². The van der Waals surface area contributed by atoms with Crippen molar-refractivity contribution in [3.05, 3.63) is 29.8 Å². The number of rotatable bonds is 6. The second-order valence-electron chi connectivity index (χ2n) is 7.35. The largest absolute Gasteiger partial charge is 0.497 e. The van der Waals surface area contributed by atoms with Crippen molar-refractivity contribution in [2.45, 2.75) is 62.6 Å². The zero-order valence-corrected chi connectivity index (χ0v) is 15.1. The maximum absolute atomic E-state index is 12.5. The number of hydrogen-bond donors (Lipinski definition) is 2. The van der Waals surface area contributed by atoms with Gasteiger partial charge in [-0.05, 0) is 43.4 Å². The zero-order chi connectivity index (χ0) is 17.7. The summed E-state index contributed by atoms with van der Waals surface area (Å²) < 4.78 is 11.0. The first kappa shape index (κ1) is 18.2. The fourth-order valence-electron chi connectivity index (χ4n) is 4.18. The monoisotopic (exact) mass is 346 g/mol. The fourth-order valence-corrected chi connectivity index (χ4v) is 4.18. The van der Waals surface area contributed by atoms with E-state index in [-0.39, 0.29) is 23.5 Å². The van der Waals surface area contributed by atoms with Crippen LogP contribution in [0.4, 0.5) is 0 Å². The minimum atomic E-state index is -0.343. The molecule has 1 amide bonds. The smallest absolute Gasteiger partial charge is 0.249 e. The summed E-state index contributed by atoms with van der Waals surface area (Å²) in [5.41, 5.74) is 6.95. The Morgan fingerprint density at radius 1 is 1.24 bits per heavy atom. The second kappa shape index (κ2) is 8.19. The molecule has 2 atom stereocenters. The van der Waals surface area contributed by atoms with Crippen molar-refractivity contribution in [1.82, 2.24) is 5.32 Å². The molecule has 1 saturated carbocycles. The van der Waals surface area contributed by atoms with Crippen molar-refractivity contribution in [2.24, 2.45) is 5.73 Å². The van der Waals surface area contributed by atoms with Gasteiger partial charge in [-0.15, -0.1) is 0 Å². The molecule has 1 saturated heterocycles. The van der Waals surface area contributed by atoms with Gasteiger partial charge in [0, 0.05) is 18.5 Å². The van der Waals surface area contributed by atoms with Crippen LogP contribution < -0.4 is 15.8 Å². The number of hydrogen-bond acceptors (Lipinski definition) is 4. The van der Waals surface area contributed by atoms with Gasteiger partial charge in [-0.25, -0.2) is 0 Å². The summed E-state index contributed by atoms with van der Waals surface area (Å²) in [5, 5.41) is 3.17. The number of methoxy groups -OCH3 is 1. The number of nitrogens with one attached hydrogen (secondary N) is 1. The number of ether oxygens (including phenoxy) is 2. The number of benzene rings is 1. The Kier molecular flexibility index (Phi) is 5.97. The molecule has 0 bridgehead atoms. The molecule has 0 aromatic heterocycles. The molecule has 1 aromatic carbocycles. The second-order valence-corrected chi connectivity index (χ2v) is 7.35. The van der Waals surface area contributed by atoms with E-state index in [0.717, 1.165) is 31.4 Å². The third-order valence-corrected chi connectivity index (χ3v) is 5.78. The van der Waals surface area contributed by atoms with Crippen LogP contribution >= 0.6 is 0 Å². The van der Waals surface area contributed by atoms with E-state index in [1.807, 2.05) is 12.1 Å². The lowest BCUT2D eigenvalue weighted by Crippen LogP contribution is -2.45. The molecule has 5 nitrogen and oxygen atoms in total. The maximum Gasteiger partial charge on any atom is 0.249 e. The van der Waals surface area contributed by atoms with Crippen LogP contribution in [0.15, 0.2) is 24.3 Å². The van der Waals surface area contributed by atoms with Gasteiger partial charge in [-0.1, -0.05) is 31.4 Å². The molecule has 5 heteroatoms. The predicted molar refractivity (Wildman–Crippen MR) is 97.7 cm³/mol. The summed E-state index contributed by atoms with van der Waals surface area (Å²) in [7, 11) is 1.68. The van der Waals surface area contributed by atoms with Crippen LogP contribution in [0.3, 0.4) is 0 Å². The fraction of sp³-hybridized carbons (Fsp3) is 0.650. The number of carbonyl (C=O) groups is 1. The van der Waals surface area contributed by atoms with Crippen LogP contribution in [0.2, 0.25) is 0 Å². The molecule has 1 aromatic rings. The Bertz CT molecular complexity index is 567. The molecule has 3 N–H and O–H groups in total. The predicted octanol–water partition coefficient (Wildman–Crippen LogP) is 2.52. The van der Waals surface area contributed by atoms with Crippen LogP contribution in [-0.2, 0) is 14.9 Å². The zero-order valence-electron chi connectivity index (χ0n) is 15.1. The van der Waals surface area contributed by atoms with Gasteiger partial charge in [0.15, 0.2) is 0 Å². The van der Waals surface area contributed by atoms with Crippen molar-refractivity contribution in [1.29, 1.82) is 0 Å². The quantitative estimate of drug-likeness (QED) is 0.830. The topological polar surface area (TPSA) is 73.6 Å². The molecule has 1 aliphatic heterocycles. The van der Waals surface area contributed by atoms with E-state index in [4.69, 9.17) is 15.2 Å². The molecular weight excluding hydrogens is 316 g/mol. The molecule has 138 valence electrons. The van der Waals surface area contributed by atoms with Gasteiger partial charge in [0.1, 0.15) is 11.9 Å². The highest BCUT2D eigenvalue weighted by Crippen LogP contribution is 2.39. The number of carbonyl (C=O) groups excluding carboxylic acids is 1. The van der Waals surface area contributed by atoms with E-state index < -0.39 is 0 Å². The van der Waals surface area contributed by atoms with Crippen molar-refractivity contribution in [3.63, 3.8) is 0 Å². The first-order valence-corrected chi connectivity index (χ1v) is 9.45. The highest BCUT2D eigenvalue weighted by atomic mass is 16.5. The van der Waals surface area contributed by atoms with Crippen LogP contribution in [0.1, 0.15) is 50.5 Å². The Balaban J connectivity index is 1.67. The number of nitrogens with two attached hydrogens (primary N) is 1. The lowest BCUT2D eigenvalue weighted by molar-refractivity contribution is -0.132. The lowest BCUT2D eigenvalue weighted by Gasteiger charge is -2.38. The summed E-state index contributed by atoms with van der Waals surface area (Å²) in [6.45, 7) is 1.16. The standard InChI is InChI=1S/C20H30N2O3/c1-24-16-7-5-15(6-8-16)20(11-3-2-4-12-20)14-22-19(23)18-10-9-17(13-21)25-18/h5-8,17-18H,2-4,9-14,21H2,1H3,(H,22,23)/t17-,18+/m1/s1. The molecule has 0 radical (unpaired) electrons. The first-order valence-electron chi connectivity index (χ1n) is 9.45. The van der Waals surface area contributed by atoms with E-state index in [2.05, 4.69) is 17.4 Å². The highest BCUT2D eigenvalue weighted by molar-refractivity contribution is 5.81. The van der Waals surface area contributed by atoms with E-state index >= 15 is 0 Å². The van der Waals surface area contributed by atoms with Crippen molar-refractivity contribution in [3.8, 4) is 5.75 Å². The lowest BCUT2D eigenvalue weighted by atomic mass is 9.69. The number of amides is 1. The Hall–Kier alpha value is -1.59. The summed E-state index contributed by atoms with van der Waals surface area (Å²) in [6.07, 6.45) is 7.23. The van der Waals surface area contributed by atoms with E-state index in [1.165, 1.54) is 24.8 Å². The van der Waals surface area contributed by atoms with Crippen molar-refractivity contribution in [2.75, 3.05) is 20.2 Å². The molecule has 0 spiro atoms. The minimum Gasteiger partial charge on any atom is -0.497 e. The molecule has 0 unspecified atom stereocenters. The molecule has 1 aliphatic carbocycles. The minimum absolute atomic E-state index is 0.00871. The summed E-state index contributed by atoms with van der Waals surface area (Å²) >= 11 is 0. The Morgan fingerprint density at radius 2 is 1.96 bits per heavy atom. The van der Waals surface area contributed by atoms with Crippen LogP contribution in [-0.4, -0.2) is 38.3 Å². The van der Waals surface area contributed by atoms with Gasteiger partial charge < -0.3 is 20.5 Å². The Morgan fingerprint density at radius 3 is 2.56 bits per heavy atom. The van der Waals surface area contributed by atoms with Gasteiger partial charge in [-0.3, -0.25) is 4.79 Å². The molecule has 2 fully saturated rings. The average molecular weight is 346 g/mol. The van der Waals surface area contributed by atoms with Gasteiger partial charge in [0.25, 0.3) is 0 Å². The van der Waals surface area contributed by atoms with Crippen LogP contribution in [0.25, 0.3) is 0 Å². The SMILES string of the molecule is COc1ccc(C2(CNC(=O)[C@@H]3CC[C@H](CN)O3)CCCCC2)cc1. The van der Waals surface area contributed by atoms with E-state index in [0.29, 0.717) is 13.1 Å². The van der Waals surface area contributed by atoms with Gasteiger partial charge in [0.2, 0.25) is 5.91 Å². The van der Waals surface area contributed by atoms with Crippen LogP contribution in [0.5, 0.6) is 5.75 Å². The Labute approximate surface area is 150 Å².